The Balaban J connectivity index is 1.48. The highest BCUT2D eigenvalue weighted by Gasteiger charge is 2.30. The number of anilines is 1. The number of rotatable bonds is 5. The van der Waals surface area contributed by atoms with Crippen LogP contribution in [0.25, 0.3) is 16.9 Å². The molecule has 0 saturated heterocycles. The lowest BCUT2D eigenvalue weighted by Crippen LogP contribution is -2.41. The highest BCUT2D eigenvalue weighted by Crippen LogP contribution is 2.32. The first kappa shape index (κ1) is 22.5. The van der Waals surface area contributed by atoms with Crippen molar-refractivity contribution in [2.24, 2.45) is 0 Å². The summed E-state index contributed by atoms with van der Waals surface area (Å²) in [7, 11) is 1.51. The van der Waals surface area contributed by atoms with Crippen molar-refractivity contribution < 1.29 is 14.6 Å². The van der Waals surface area contributed by atoms with E-state index in [4.69, 9.17) is 9.84 Å². The van der Waals surface area contributed by atoms with Crippen LogP contribution >= 0.6 is 0 Å². The number of aliphatic hydroxyl groups is 1. The van der Waals surface area contributed by atoms with Gasteiger partial charge in [0, 0.05) is 23.5 Å². The Hall–Kier alpha value is -4.24. The van der Waals surface area contributed by atoms with Gasteiger partial charge in [0.05, 0.1) is 24.9 Å². The Kier molecular flexibility index (Phi) is 6.15. The first-order valence-corrected chi connectivity index (χ1v) is 11.4. The molecule has 9 nitrogen and oxygen atoms in total. The maximum absolute atomic E-state index is 13.2. The molecule has 2 aromatic carbocycles. The third-order valence-electron chi connectivity index (χ3n) is 6.21. The van der Waals surface area contributed by atoms with Crippen molar-refractivity contribution in [3.8, 4) is 23.0 Å². The summed E-state index contributed by atoms with van der Waals surface area (Å²) in [5.41, 5.74) is 4.94. The van der Waals surface area contributed by atoms with Gasteiger partial charge < -0.3 is 15.2 Å². The number of carbonyl (C=O) groups excluding carboxylic acids is 1. The van der Waals surface area contributed by atoms with Crippen molar-refractivity contribution in [1.29, 1.82) is 0 Å². The fourth-order valence-corrected chi connectivity index (χ4v) is 4.42. The minimum absolute atomic E-state index is 0.262. The van der Waals surface area contributed by atoms with Gasteiger partial charge >= 0.3 is 12.0 Å². The Labute approximate surface area is 202 Å². The molecule has 2 amide bonds. The summed E-state index contributed by atoms with van der Waals surface area (Å²) in [4.78, 5) is 21.6. The number of methoxy groups -OCH3 is 1. The maximum Gasteiger partial charge on any atom is 0.320 e. The summed E-state index contributed by atoms with van der Waals surface area (Å²) in [5, 5.41) is 21.3. The van der Waals surface area contributed by atoms with Gasteiger partial charge in [-0.3, -0.25) is 5.32 Å². The van der Waals surface area contributed by atoms with E-state index in [2.05, 4.69) is 20.6 Å². The van der Waals surface area contributed by atoms with Gasteiger partial charge in [-0.2, -0.15) is 5.10 Å². The topological polar surface area (TPSA) is 114 Å². The summed E-state index contributed by atoms with van der Waals surface area (Å²) >= 11 is 0. The third-order valence-corrected chi connectivity index (χ3v) is 6.21. The van der Waals surface area contributed by atoms with Gasteiger partial charge in [-0.1, -0.05) is 42.5 Å². The number of urea groups is 1. The number of aliphatic hydroxyl groups excluding tert-OH is 1. The van der Waals surface area contributed by atoms with E-state index in [1.807, 2.05) is 61.5 Å². The van der Waals surface area contributed by atoms with E-state index in [-0.39, 0.29) is 6.01 Å². The van der Waals surface area contributed by atoms with E-state index >= 15 is 0 Å². The zero-order valence-corrected chi connectivity index (χ0v) is 19.5. The summed E-state index contributed by atoms with van der Waals surface area (Å²) in [6.45, 7) is 1.88. The second kappa shape index (κ2) is 9.55. The number of hydrogen-bond acceptors (Lipinski definition) is 6. The molecule has 178 valence electrons. The first-order chi connectivity index (χ1) is 17.0. The molecule has 0 aliphatic heterocycles. The lowest BCUT2D eigenvalue weighted by atomic mass is 9.86. The molecule has 2 aromatic heterocycles. The quantitative estimate of drug-likeness (QED) is 0.409. The number of aryl methyl sites for hydroxylation is 1. The molecular formula is C26H26N6O3. The maximum atomic E-state index is 13.2. The molecule has 4 aromatic rings. The van der Waals surface area contributed by atoms with Crippen LogP contribution in [0.4, 0.5) is 10.6 Å². The summed E-state index contributed by atoms with van der Waals surface area (Å²) in [6, 6.07) is 16.7. The predicted octanol–water partition coefficient (Wildman–Crippen LogP) is 3.82. The fraction of sp³-hybridized carbons (Fsp3) is 0.231. The average Bonchev–Trinajstić information content (AvgIpc) is 3.22. The van der Waals surface area contributed by atoms with E-state index in [0.717, 1.165) is 28.8 Å². The SMILES string of the molecule is COc1ncc(-c2nn(-c3ccccc3)c(NC(=O)N[C@@H]3c4ccccc4CC[C@H]3O)c2C)cn1. The zero-order chi connectivity index (χ0) is 24.4. The Bertz CT molecular complexity index is 1340. The second-order valence-corrected chi connectivity index (χ2v) is 8.41. The number of carbonyl (C=O) groups is 1. The molecule has 0 saturated carbocycles. The second-order valence-electron chi connectivity index (χ2n) is 8.41. The van der Waals surface area contributed by atoms with Crippen molar-refractivity contribution in [2.75, 3.05) is 12.4 Å². The number of aromatic nitrogens is 4. The van der Waals surface area contributed by atoms with Gasteiger partial charge in [0.25, 0.3) is 0 Å². The van der Waals surface area contributed by atoms with E-state index in [1.165, 1.54) is 7.11 Å². The van der Waals surface area contributed by atoms with Crippen molar-refractivity contribution in [3.05, 3.63) is 83.7 Å². The normalized spacial score (nSPS) is 16.9. The lowest BCUT2D eigenvalue weighted by Gasteiger charge is -2.31. The molecule has 0 unspecified atom stereocenters. The number of nitrogens with one attached hydrogen (secondary N) is 2. The monoisotopic (exact) mass is 470 g/mol. The standard InChI is InChI=1S/C26H26N6O3/c1-16-22(18-14-27-26(35-2)28-15-18)31-32(19-9-4-3-5-10-19)24(16)30-25(34)29-23-20-11-7-6-8-17(20)12-13-21(23)33/h3-11,14-15,21,23,33H,12-13H2,1-2H3,(H2,29,30,34)/t21-,23-/m1/s1. The number of fused-ring (bicyclic) bond motifs is 1. The third kappa shape index (κ3) is 4.45. The van der Waals surface area contributed by atoms with Crippen molar-refractivity contribution in [2.45, 2.75) is 31.9 Å². The Morgan fingerprint density at radius 1 is 1.09 bits per heavy atom. The van der Waals surface area contributed by atoms with Gasteiger partial charge in [-0.25, -0.2) is 19.4 Å². The number of para-hydroxylation sites is 1. The Morgan fingerprint density at radius 2 is 1.80 bits per heavy atom. The van der Waals surface area contributed by atoms with Gasteiger partial charge in [0.1, 0.15) is 11.5 Å². The minimum Gasteiger partial charge on any atom is -0.467 e. The van der Waals surface area contributed by atoms with Gasteiger partial charge in [-0.05, 0) is 43.0 Å². The van der Waals surface area contributed by atoms with E-state index in [9.17, 15) is 9.90 Å². The molecule has 0 radical (unpaired) electrons. The van der Waals surface area contributed by atoms with Crippen LogP contribution in [0.15, 0.2) is 67.0 Å². The van der Waals surface area contributed by atoms with Crippen LogP contribution in [0.3, 0.4) is 0 Å². The average molecular weight is 471 g/mol. The highest BCUT2D eigenvalue weighted by molar-refractivity contribution is 5.91. The summed E-state index contributed by atoms with van der Waals surface area (Å²) in [5.74, 6) is 0.512. The molecule has 0 bridgehead atoms. The first-order valence-electron chi connectivity index (χ1n) is 11.4. The van der Waals surface area contributed by atoms with Gasteiger partial charge in [0.15, 0.2) is 0 Å². The number of benzene rings is 2. The summed E-state index contributed by atoms with van der Waals surface area (Å²) < 4.78 is 6.74. The number of amides is 2. The largest absolute Gasteiger partial charge is 0.467 e. The summed E-state index contributed by atoms with van der Waals surface area (Å²) in [6.07, 6.45) is 3.98. The highest BCUT2D eigenvalue weighted by atomic mass is 16.5. The van der Waals surface area contributed by atoms with Crippen LogP contribution in [-0.4, -0.2) is 44.1 Å². The molecule has 0 fully saturated rings. The molecular weight excluding hydrogens is 444 g/mol. The Morgan fingerprint density at radius 3 is 2.54 bits per heavy atom. The molecule has 9 heteroatoms. The van der Waals surface area contributed by atoms with Crippen molar-refractivity contribution >= 4 is 11.8 Å². The molecule has 35 heavy (non-hydrogen) atoms. The molecule has 5 rings (SSSR count). The number of hydrogen-bond donors (Lipinski definition) is 3. The van der Waals surface area contributed by atoms with E-state index < -0.39 is 18.2 Å². The van der Waals surface area contributed by atoms with E-state index in [1.54, 1.807) is 17.1 Å². The van der Waals surface area contributed by atoms with Crippen LogP contribution < -0.4 is 15.4 Å². The van der Waals surface area contributed by atoms with Crippen LogP contribution in [0.5, 0.6) is 6.01 Å². The van der Waals surface area contributed by atoms with Gasteiger partial charge in [-0.15, -0.1) is 0 Å². The van der Waals surface area contributed by atoms with Crippen LogP contribution in [-0.2, 0) is 6.42 Å². The predicted molar refractivity (Wildman–Crippen MR) is 132 cm³/mol. The molecule has 3 N–H and O–H groups in total. The van der Waals surface area contributed by atoms with Gasteiger partial charge in [0.2, 0.25) is 0 Å². The lowest BCUT2D eigenvalue weighted by molar-refractivity contribution is 0.114. The van der Waals surface area contributed by atoms with Crippen LogP contribution in [0.1, 0.15) is 29.2 Å². The van der Waals surface area contributed by atoms with Crippen LogP contribution in [0, 0.1) is 6.92 Å². The molecule has 0 spiro atoms. The zero-order valence-electron chi connectivity index (χ0n) is 19.5. The minimum atomic E-state index is -0.664. The van der Waals surface area contributed by atoms with Crippen LogP contribution in [0.2, 0.25) is 0 Å². The molecule has 1 aliphatic rings. The number of nitrogens with zero attached hydrogens (tertiary/aromatic N) is 4. The van der Waals surface area contributed by atoms with E-state index in [0.29, 0.717) is 23.5 Å². The smallest absolute Gasteiger partial charge is 0.320 e. The molecule has 2 heterocycles. The van der Waals surface area contributed by atoms with Crippen molar-refractivity contribution in [3.63, 3.8) is 0 Å². The van der Waals surface area contributed by atoms with Crippen molar-refractivity contribution in [1.82, 2.24) is 25.1 Å². The molecule has 2 atom stereocenters. The molecule has 1 aliphatic carbocycles. The fourth-order valence-electron chi connectivity index (χ4n) is 4.42. The number of ether oxygens (including phenoxy) is 1.